The van der Waals surface area contributed by atoms with Crippen molar-refractivity contribution >= 4 is 11.6 Å². The van der Waals surface area contributed by atoms with Crippen molar-refractivity contribution in [3.05, 3.63) is 17.7 Å². The van der Waals surface area contributed by atoms with E-state index in [0.29, 0.717) is 18.4 Å². The predicted octanol–water partition coefficient (Wildman–Crippen LogP) is 4.03. The van der Waals surface area contributed by atoms with Crippen LogP contribution in [0.4, 0.5) is 20.4 Å². The van der Waals surface area contributed by atoms with Crippen molar-refractivity contribution in [1.82, 2.24) is 4.98 Å². The van der Waals surface area contributed by atoms with Gasteiger partial charge >= 0.3 is 0 Å². The molecule has 0 spiro atoms. The average Bonchev–Trinajstić information content (AvgIpc) is 2.38. The molecule has 112 valence electrons. The fourth-order valence-corrected chi connectivity index (χ4v) is 2.91. The van der Waals surface area contributed by atoms with Gasteiger partial charge in [0.15, 0.2) is 23.3 Å². The third kappa shape index (κ3) is 3.38. The van der Waals surface area contributed by atoms with Crippen LogP contribution >= 0.6 is 0 Å². The van der Waals surface area contributed by atoms with Gasteiger partial charge in [0.25, 0.3) is 0 Å². The van der Waals surface area contributed by atoms with E-state index in [1.54, 1.807) is 0 Å². The third-order valence-corrected chi connectivity index (χ3v) is 4.03. The van der Waals surface area contributed by atoms with Gasteiger partial charge < -0.3 is 10.6 Å². The molecule has 1 aromatic heterocycles. The first-order valence-corrected chi connectivity index (χ1v) is 7.37. The first-order chi connectivity index (χ1) is 9.51. The lowest BCUT2D eigenvalue weighted by Gasteiger charge is -2.33. The lowest BCUT2D eigenvalue weighted by molar-refractivity contribution is 0.275. The van der Waals surface area contributed by atoms with Crippen molar-refractivity contribution in [2.24, 2.45) is 11.8 Å². The predicted molar refractivity (Wildman–Crippen MR) is 77.9 cm³/mol. The van der Waals surface area contributed by atoms with Crippen molar-refractivity contribution in [2.75, 3.05) is 17.2 Å². The Balaban J connectivity index is 2.14. The largest absolute Gasteiger partial charge is 0.368 e. The molecule has 1 aliphatic carbocycles. The zero-order valence-electron chi connectivity index (χ0n) is 12.3. The Morgan fingerprint density at radius 2 is 1.90 bits per heavy atom. The Morgan fingerprint density at radius 1 is 1.20 bits per heavy atom. The molecule has 3 unspecified atom stereocenters. The molecule has 20 heavy (non-hydrogen) atoms. The summed E-state index contributed by atoms with van der Waals surface area (Å²) in [5, 5.41) is 5.96. The number of nitrogens with zero attached hydrogens (tertiary/aromatic N) is 1. The van der Waals surface area contributed by atoms with E-state index in [1.807, 2.05) is 6.92 Å². The van der Waals surface area contributed by atoms with E-state index < -0.39 is 11.6 Å². The molecule has 0 aromatic carbocycles. The van der Waals surface area contributed by atoms with Gasteiger partial charge in [0, 0.05) is 18.7 Å². The summed E-state index contributed by atoms with van der Waals surface area (Å²) in [6, 6.07) is 1.09. The quantitative estimate of drug-likeness (QED) is 0.876. The Morgan fingerprint density at radius 3 is 2.55 bits per heavy atom. The molecule has 5 heteroatoms. The molecule has 2 N–H and O–H groups in total. The highest BCUT2D eigenvalue weighted by Gasteiger charge is 2.26. The van der Waals surface area contributed by atoms with Crippen molar-refractivity contribution in [3.63, 3.8) is 0 Å². The van der Waals surface area contributed by atoms with Gasteiger partial charge in [-0.3, -0.25) is 0 Å². The van der Waals surface area contributed by atoms with E-state index in [1.165, 1.54) is 0 Å². The third-order valence-electron chi connectivity index (χ3n) is 4.03. The van der Waals surface area contributed by atoms with Gasteiger partial charge in [-0.15, -0.1) is 0 Å². The molecular weight excluding hydrogens is 260 g/mol. The van der Waals surface area contributed by atoms with Gasteiger partial charge in [0.2, 0.25) is 0 Å². The van der Waals surface area contributed by atoms with Crippen LogP contribution in [0.2, 0.25) is 0 Å². The molecule has 1 heterocycles. The van der Waals surface area contributed by atoms with Crippen LogP contribution in [-0.2, 0) is 0 Å². The van der Waals surface area contributed by atoms with E-state index >= 15 is 0 Å². The summed E-state index contributed by atoms with van der Waals surface area (Å²) in [6.45, 7) is 6.81. The molecule has 1 saturated carbocycles. The molecule has 0 saturated heterocycles. The number of aromatic nitrogens is 1. The molecule has 0 radical (unpaired) electrons. The van der Waals surface area contributed by atoms with Gasteiger partial charge in [-0.2, -0.15) is 0 Å². The lowest BCUT2D eigenvalue weighted by atomic mass is 9.80. The van der Waals surface area contributed by atoms with Crippen molar-refractivity contribution in [1.29, 1.82) is 0 Å². The van der Waals surface area contributed by atoms with E-state index in [0.717, 1.165) is 25.3 Å². The van der Waals surface area contributed by atoms with Crippen LogP contribution in [0.3, 0.4) is 0 Å². The SMILES string of the molecule is CCNc1nc(NC2CCC(C)CC2C)c(F)cc1F. The van der Waals surface area contributed by atoms with E-state index in [2.05, 4.69) is 29.5 Å². The number of rotatable bonds is 4. The summed E-state index contributed by atoms with van der Waals surface area (Å²) < 4.78 is 27.4. The molecule has 0 amide bonds. The normalized spacial score (nSPS) is 26.4. The van der Waals surface area contributed by atoms with Crippen LogP contribution in [-0.4, -0.2) is 17.6 Å². The van der Waals surface area contributed by atoms with E-state index in [9.17, 15) is 8.78 Å². The smallest absolute Gasteiger partial charge is 0.168 e. The van der Waals surface area contributed by atoms with Crippen molar-refractivity contribution in [3.8, 4) is 0 Å². The van der Waals surface area contributed by atoms with E-state index in [-0.39, 0.29) is 17.7 Å². The second-order valence-electron chi connectivity index (χ2n) is 5.83. The minimum atomic E-state index is -0.653. The summed E-state index contributed by atoms with van der Waals surface area (Å²) in [5.41, 5.74) is 0. The maximum absolute atomic E-state index is 13.8. The van der Waals surface area contributed by atoms with Crippen LogP contribution in [0, 0.1) is 23.5 Å². The molecule has 1 fully saturated rings. The summed E-state index contributed by atoms with van der Waals surface area (Å²) in [7, 11) is 0. The maximum Gasteiger partial charge on any atom is 0.168 e. The van der Waals surface area contributed by atoms with Gasteiger partial charge in [-0.05, 0) is 38.0 Å². The molecule has 2 rings (SSSR count). The minimum Gasteiger partial charge on any atom is -0.368 e. The van der Waals surface area contributed by atoms with Crippen LogP contribution in [0.15, 0.2) is 6.07 Å². The number of halogens is 2. The zero-order chi connectivity index (χ0) is 14.7. The number of anilines is 2. The lowest BCUT2D eigenvalue weighted by Crippen LogP contribution is -2.33. The van der Waals surface area contributed by atoms with Gasteiger partial charge in [-0.1, -0.05) is 13.8 Å². The summed E-state index contributed by atoms with van der Waals surface area (Å²) in [6.07, 6.45) is 3.25. The molecular formula is C15H23F2N3. The summed E-state index contributed by atoms with van der Waals surface area (Å²) in [4.78, 5) is 4.04. The Kier molecular flexibility index (Phi) is 4.78. The molecule has 3 atom stereocenters. The number of hydrogen-bond acceptors (Lipinski definition) is 3. The first kappa shape index (κ1) is 15.0. The monoisotopic (exact) mass is 283 g/mol. The minimum absolute atomic E-state index is 0.105. The highest BCUT2D eigenvalue weighted by atomic mass is 19.1. The maximum atomic E-state index is 13.8. The second kappa shape index (κ2) is 6.37. The Labute approximate surface area is 119 Å². The van der Waals surface area contributed by atoms with Crippen LogP contribution in [0.5, 0.6) is 0 Å². The summed E-state index contributed by atoms with van der Waals surface area (Å²) in [5.74, 6) is 0.149. The summed E-state index contributed by atoms with van der Waals surface area (Å²) >= 11 is 0. The van der Waals surface area contributed by atoms with E-state index in [4.69, 9.17) is 0 Å². The second-order valence-corrected chi connectivity index (χ2v) is 5.83. The topological polar surface area (TPSA) is 37.0 Å². The Bertz CT molecular complexity index is 465. The van der Waals surface area contributed by atoms with Gasteiger partial charge in [0.1, 0.15) is 0 Å². The number of pyridine rings is 1. The van der Waals surface area contributed by atoms with Gasteiger partial charge in [0.05, 0.1) is 0 Å². The van der Waals surface area contributed by atoms with Crippen LogP contribution in [0.1, 0.15) is 40.0 Å². The van der Waals surface area contributed by atoms with Gasteiger partial charge in [-0.25, -0.2) is 13.8 Å². The molecule has 0 aliphatic heterocycles. The molecule has 0 bridgehead atoms. The fourth-order valence-electron chi connectivity index (χ4n) is 2.91. The highest BCUT2D eigenvalue weighted by molar-refractivity contribution is 5.48. The zero-order valence-corrected chi connectivity index (χ0v) is 12.3. The van der Waals surface area contributed by atoms with Crippen LogP contribution in [0.25, 0.3) is 0 Å². The highest BCUT2D eigenvalue weighted by Crippen LogP contribution is 2.31. The molecule has 3 nitrogen and oxygen atoms in total. The number of hydrogen-bond donors (Lipinski definition) is 2. The fraction of sp³-hybridized carbons (Fsp3) is 0.667. The first-order valence-electron chi connectivity index (χ1n) is 7.37. The van der Waals surface area contributed by atoms with Crippen LogP contribution < -0.4 is 10.6 Å². The standard InChI is InChI=1S/C15H23F2N3/c1-4-18-14-11(16)8-12(17)15(20-14)19-13-6-5-9(2)7-10(13)3/h8-10,13H,4-7H2,1-3H3,(H2,18,19,20). The average molecular weight is 283 g/mol. The van der Waals surface area contributed by atoms with Crippen molar-refractivity contribution < 1.29 is 8.78 Å². The van der Waals surface area contributed by atoms with Crippen molar-refractivity contribution in [2.45, 2.75) is 46.1 Å². The number of nitrogens with one attached hydrogen (secondary N) is 2. The Hall–Kier alpha value is -1.39. The molecule has 1 aromatic rings. The molecule has 1 aliphatic rings.